The van der Waals surface area contributed by atoms with Crippen LogP contribution in [-0.2, 0) is 0 Å². The summed E-state index contributed by atoms with van der Waals surface area (Å²) in [4.78, 5) is 13.6. The van der Waals surface area contributed by atoms with Gasteiger partial charge < -0.3 is 4.90 Å². The Kier molecular flexibility index (Phi) is 3.46. The Labute approximate surface area is 109 Å². The third-order valence-electron chi connectivity index (χ3n) is 4.33. The summed E-state index contributed by atoms with van der Waals surface area (Å²) in [6.45, 7) is 6.84. The molecule has 0 radical (unpaired) electrons. The van der Waals surface area contributed by atoms with Crippen LogP contribution in [0.1, 0.15) is 26.2 Å². The van der Waals surface area contributed by atoms with E-state index >= 15 is 0 Å². The van der Waals surface area contributed by atoms with E-state index in [2.05, 4.69) is 26.7 Å². The summed E-state index contributed by atoms with van der Waals surface area (Å²) in [7, 11) is 0. The van der Waals surface area contributed by atoms with E-state index < -0.39 is 0 Å². The van der Waals surface area contributed by atoms with E-state index in [4.69, 9.17) is 0 Å². The first kappa shape index (κ1) is 11.9. The third kappa shape index (κ3) is 2.48. The van der Waals surface area contributed by atoms with Gasteiger partial charge in [0.2, 0.25) is 5.95 Å². The molecule has 2 fully saturated rings. The highest BCUT2D eigenvalue weighted by molar-refractivity contribution is 5.29. The minimum absolute atomic E-state index is 0.832. The minimum Gasteiger partial charge on any atom is -0.338 e. The number of hydrogen-bond donors (Lipinski definition) is 0. The number of rotatable bonds is 2. The second-order valence-corrected chi connectivity index (χ2v) is 5.64. The van der Waals surface area contributed by atoms with Gasteiger partial charge in [-0.15, -0.1) is 0 Å². The lowest BCUT2D eigenvalue weighted by atomic mass is 10.1. The van der Waals surface area contributed by atoms with Crippen LogP contribution in [0.5, 0.6) is 0 Å². The van der Waals surface area contributed by atoms with Gasteiger partial charge in [-0.3, -0.25) is 4.90 Å². The van der Waals surface area contributed by atoms with Gasteiger partial charge in [0.05, 0.1) is 0 Å². The minimum atomic E-state index is 0.832. The molecule has 4 nitrogen and oxygen atoms in total. The Morgan fingerprint density at radius 3 is 2.39 bits per heavy atom. The number of hydrogen-bond acceptors (Lipinski definition) is 4. The molecule has 4 heteroatoms. The van der Waals surface area contributed by atoms with E-state index in [1.807, 2.05) is 18.5 Å². The Morgan fingerprint density at radius 2 is 1.78 bits per heavy atom. The molecule has 2 heterocycles. The fourth-order valence-corrected chi connectivity index (χ4v) is 3.25. The van der Waals surface area contributed by atoms with Crippen LogP contribution in [0.4, 0.5) is 5.95 Å². The standard InChI is InChI=1S/C14H22N4/c1-12-3-4-13(11-12)17-7-9-18(10-8-17)14-15-5-2-6-16-14/h2,5-6,12-13H,3-4,7-11H2,1H3/t12-,13+/m1/s1. The highest BCUT2D eigenvalue weighted by Crippen LogP contribution is 2.29. The number of anilines is 1. The zero-order valence-corrected chi connectivity index (χ0v) is 11.1. The molecular formula is C14H22N4. The van der Waals surface area contributed by atoms with Crippen LogP contribution in [0, 0.1) is 5.92 Å². The van der Waals surface area contributed by atoms with Gasteiger partial charge in [-0.25, -0.2) is 9.97 Å². The summed E-state index contributed by atoms with van der Waals surface area (Å²) < 4.78 is 0. The Balaban J connectivity index is 1.55. The van der Waals surface area contributed by atoms with Crippen molar-refractivity contribution in [1.82, 2.24) is 14.9 Å². The molecule has 1 saturated carbocycles. The molecule has 1 saturated heterocycles. The maximum absolute atomic E-state index is 4.33. The van der Waals surface area contributed by atoms with Crippen molar-refractivity contribution in [3.63, 3.8) is 0 Å². The Hall–Kier alpha value is -1.16. The second kappa shape index (κ2) is 5.22. The van der Waals surface area contributed by atoms with Crippen LogP contribution in [-0.4, -0.2) is 47.1 Å². The summed E-state index contributed by atoms with van der Waals surface area (Å²) in [6, 6.07) is 2.71. The normalized spacial score (nSPS) is 29.7. The molecule has 18 heavy (non-hydrogen) atoms. The van der Waals surface area contributed by atoms with Crippen molar-refractivity contribution < 1.29 is 0 Å². The van der Waals surface area contributed by atoms with E-state index in [1.54, 1.807) is 0 Å². The number of piperazine rings is 1. The molecule has 0 aromatic carbocycles. The summed E-state index contributed by atoms with van der Waals surface area (Å²) in [5.41, 5.74) is 0. The first-order valence-corrected chi connectivity index (χ1v) is 7.09. The predicted octanol–water partition coefficient (Wildman–Crippen LogP) is 1.79. The predicted molar refractivity (Wildman–Crippen MR) is 72.6 cm³/mol. The van der Waals surface area contributed by atoms with Crippen molar-refractivity contribution in [1.29, 1.82) is 0 Å². The average Bonchev–Trinajstić information content (AvgIpc) is 2.87. The Morgan fingerprint density at radius 1 is 1.06 bits per heavy atom. The maximum atomic E-state index is 4.33. The SMILES string of the molecule is C[C@@H]1CC[C@H](N2CCN(c3ncccn3)CC2)C1. The van der Waals surface area contributed by atoms with E-state index in [9.17, 15) is 0 Å². The van der Waals surface area contributed by atoms with Crippen molar-refractivity contribution in [2.75, 3.05) is 31.1 Å². The first-order valence-electron chi connectivity index (χ1n) is 7.09. The van der Waals surface area contributed by atoms with Crippen molar-refractivity contribution in [3.05, 3.63) is 18.5 Å². The van der Waals surface area contributed by atoms with Gasteiger partial charge in [-0.2, -0.15) is 0 Å². The van der Waals surface area contributed by atoms with Gasteiger partial charge in [0.15, 0.2) is 0 Å². The van der Waals surface area contributed by atoms with Gasteiger partial charge in [-0.1, -0.05) is 6.92 Å². The van der Waals surface area contributed by atoms with E-state index in [-0.39, 0.29) is 0 Å². The monoisotopic (exact) mass is 246 g/mol. The van der Waals surface area contributed by atoms with E-state index in [0.717, 1.165) is 44.1 Å². The average molecular weight is 246 g/mol. The molecule has 0 spiro atoms. The zero-order valence-electron chi connectivity index (χ0n) is 11.1. The molecule has 0 amide bonds. The molecule has 1 aliphatic carbocycles. The smallest absolute Gasteiger partial charge is 0.225 e. The van der Waals surface area contributed by atoms with Crippen LogP contribution < -0.4 is 4.90 Å². The maximum Gasteiger partial charge on any atom is 0.225 e. The first-order chi connectivity index (χ1) is 8.83. The molecule has 0 bridgehead atoms. The van der Waals surface area contributed by atoms with Crippen LogP contribution in [0.2, 0.25) is 0 Å². The summed E-state index contributed by atoms with van der Waals surface area (Å²) in [6.07, 6.45) is 7.85. The largest absolute Gasteiger partial charge is 0.338 e. The quantitative estimate of drug-likeness (QED) is 0.796. The lowest BCUT2D eigenvalue weighted by Crippen LogP contribution is -2.50. The molecule has 0 unspecified atom stereocenters. The van der Waals surface area contributed by atoms with Gasteiger partial charge in [0, 0.05) is 44.6 Å². The van der Waals surface area contributed by atoms with Crippen molar-refractivity contribution in [3.8, 4) is 0 Å². The second-order valence-electron chi connectivity index (χ2n) is 5.64. The highest BCUT2D eigenvalue weighted by Gasteiger charge is 2.29. The summed E-state index contributed by atoms with van der Waals surface area (Å²) >= 11 is 0. The van der Waals surface area contributed by atoms with Gasteiger partial charge in [-0.05, 0) is 31.2 Å². The van der Waals surface area contributed by atoms with Crippen molar-refractivity contribution >= 4 is 5.95 Å². The molecule has 1 aromatic heterocycles. The molecular weight excluding hydrogens is 224 g/mol. The molecule has 0 N–H and O–H groups in total. The molecule has 1 aromatic rings. The van der Waals surface area contributed by atoms with E-state index in [1.165, 1.54) is 19.3 Å². The summed E-state index contributed by atoms with van der Waals surface area (Å²) in [5, 5.41) is 0. The number of nitrogens with zero attached hydrogens (tertiary/aromatic N) is 4. The van der Waals surface area contributed by atoms with Crippen LogP contribution in [0.15, 0.2) is 18.5 Å². The fourth-order valence-electron chi connectivity index (χ4n) is 3.25. The van der Waals surface area contributed by atoms with Gasteiger partial charge in [0.1, 0.15) is 0 Å². The summed E-state index contributed by atoms with van der Waals surface area (Å²) in [5.74, 6) is 1.81. The zero-order chi connectivity index (χ0) is 12.4. The van der Waals surface area contributed by atoms with Crippen molar-refractivity contribution in [2.24, 2.45) is 5.92 Å². The van der Waals surface area contributed by atoms with E-state index in [0.29, 0.717) is 0 Å². The van der Waals surface area contributed by atoms with Crippen LogP contribution >= 0.6 is 0 Å². The van der Waals surface area contributed by atoms with Crippen LogP contribution in [0.3, 0.4) is 0 Å². The lowest BCUT2D eigenvalue weighted by molar-refractivity contribution is 0.184. The lowest BCUT2D eigenvalue weighted by Gasteiger charge is -2.38. The van der Waals surface area contributed by atoms with Gasteiger partial charge in [0.25, 0.3) is 0 Å². The molecule has 3 rings (SSSR count). The highest BCUT2D eigenvalue weighted by atomic mass is 15.3. The molecule has 2 atom stereocenters. The topological polar surface area (TPSA) is 32.3 Å². The van der Waals surface area contributed by atoms with Gasteiger partial charge >= 0.3 is 0 Å². The molecule has 2 aliphatic rings. The van der Waals surface area contributed by atoms with Crippen LogP contribution in [0.25, 0.3) is 0 Å². The Bertz CT molecular complexity index is 373. The molecule has 1 aliphatic heterocycles. The fraction of sp³-hybridized carbons (Fsp3) is 0.714. The third-order valence-corrected chi connectivity index (χ3v) is 4.33. The van der Waals surface area contributed by atoms with Crippen molar-refractivity contribution in [2.45, 2.75) is 32.2 Å². The molecule has 98 valence electrons. The number of aromatic nitrogens is 2.